The van der Waals surface area contributed by atoms with Gasteiger partial charge in [-0.1, -0.05) is 6.07 Å². The summed E-state index contributed by atoms with van der Waals surface area (Å²) in [5, 5.41) is 11.4. The largest absolute Gasteiger partial charge is 0.416 e. The van der Waals surface area contributed by atoms with Crippen molar-refractivity contribution >= 4 is 6.03 Å². The first-order valence-corrected chi connectivity index (χ1v) is 6.14. The van der Waals surface area contributed by atoms with Gasteiger partial charge < -0.3 is 15.3 Å². The molecule has 0 bridgehead atoms. The molecule has 0 aliphatic rings. The predicted octanol–water partition coefficient (Wildman–Crippen LogP) is 2.37. The third-order valence-electron chi connectivity index (χ3n) is 2.69. The van der Waals surface area contributed by atoms with Crippen LogP contribution in [0.4, 0.5) is 22.4 Å². The molecule has 0 fully saturated rings. The number of hydrogen-bond acceptors (Lipinski definition) is 2. The lowest BCUT2D eigenvalue weighted by atomic mass is 10.1. The van der Waals surface area contributed by atoms with Gasteiger partial charge in [0.2, 0.25) is 0 Å². The molecule has 2 amide bonds. The molecule has 21 heavy (non-hydrogen) atoms. The molecule has 118 valence electrons. The van der Waals surface area contributed by atoms with Crippen molar-refractivity contribution in [3.8, 4) is 0 Å². The summed E-state index contributed by atoms with van der Waals surface area (Å²) in [5.74, 6) is -0.997. The lowest BCUT2D eigenvalue weighted by molar-refractivity contribution is -0.138. The van der Waals surface area contributed by atoms with Crippen LogP contribution in [0.2, 0.25) is 0 Å². The maximum absolute atomic E-state index is 12.9. The summed E-state index contributed by atoms with van der Waals surface area (Å²) in [6.07, 6.45) is -5.45. The molecule has 1 unspecified atom stereocenters. The quantitative estimate of drug-likeness (QED) is 0.839. The first-order chi connectivity index (χ1) is 9.61. The van der Waals surface area contributed by atoms with E-state index in [9.17, 15) is 22.4 Å². The number of benzene rings is 1. The number of rotatable bonds is 4. The van der Waals surface area contributed by atoms with E-state index >= 15 is 0 Å². The summed E-state index contributed by atoms with van der Waals surface area (Å²) in [4.78, 5) is 12.8. The Morgan fingerprint density at radius 2 is 2.05 bits per heavy atom. The molecule has 0 radical (unpaired) electrons. The first-order valence-electron chi connectivity index (χ1n) is 6.14. The van der Waals surface area contributed by atoms with Crippen molar-refractivity contribution < 1.29 is 27.5 Å². The number of carbonyl (C=O) groups excluding carboxylic acids is 1. The molecule has 4 nitrogen and oxygen atoms in total. The van der Waals surface area contributed by atoms with Gasteiger partial charge in [0, 0.05) is 20.1 Å². The molecule has 0 aliphatic heterocycles. The van der Waals surface area contributed by atoms with Gasteiger partial charge in [0.25, 0.3) is 0 Å². The molecule has 1 rings (SSSR count). The molecule has 0 heterocycles. The Kier molecular flexibility index (Phi) is 5.54. The summed E-state index contributed by atoms with van der Waals surface area (Å²) in [7, 11) is 1.40. The number of likely N-dealkylation sites (N-methyl/N-ethyl adjacent to an activating group) is 1. The monoisotopic (exact) mass is 308 g/mol. The van der Waals surface area contributed by atoms with E-state index in [4.69, 9.17) is 5.11 Å². The number of carbonyl (C=O) groups is 1. The molecule has 2 N–H and O–H groups in total. The molecule has 0 spiro atoms. The Morgan fingerprint density at radius 3 is 2.57 bits per heavy atom. The van der Waals surface area contributed by atoms with Gasteiger partial charge in [-0.05, 0) is 24.6 Å². The Bertz CT molecular complexity index is 503. The van der Waals surface area contributed by atoms with Crippen molar-refractivity contribution in [3.05, 3.63) is 35.1 Å². The van der Waals surface area contributed by atoms with Gasteiger partial charge >= 0.3 is 12.2 Å². The molecule has 1 atom stereocenters. The summed E-state index contributed by atoms with van der Waals surface area (Å²) in [6.45, 7) is 1.13. The van der Waals surface area contributed by atoms with Crippen molar-refractivity contribution in [1.82, 2.24) is 10.2 Å². The number of urea groups is 1. The minimum atomic E-state index is -4.70. The number of amides is 2. The van der Waals surface area contributed by atoms with E-state index < -0.39 is 36.2 Å². The van der Waals surface area contributed by atoms with E-state index in [1.54, 1.807) is 0 Å². The summed E-state index contributed by atoms with van der Waals surface area (Å²) >= 11 is 0. The molecular weight excluding hydrogens is 292 g/mol. The van der Waals surface area contributed by atoms with E-state index in [0.717, 1.165) is 17.0 Å². The average molecular weight is 308 g/mol. The summed E-state index contributed by atoms with van der Waals surface area (Å²) < 4.78 is 51.2. The average Bonchev–Trinajstić information content (AvgIpc) is 2.34. The maximum Gasteiger partial charge on any atom is 0.416 e. The number of nitrogens with zero attached hydrogens (tertiary/aromatic N) is 1. The molecule has 1 aromatic rings. The number of aliphatic hydroxyl groups excluding tert-OH is 1. The van der Waals surface area contributed by atoms with Crippen LogP contribution >= 0.6 is 0 Å². The van der Waals surface area contributed by atoms with E-state index in [2.05, 4.69) is 5.32 Å². The van der Waals surface area contributed by atoms with Gasteiger partial charge in [-0.25, -0.2) is 9.18 Å². The topological polar surface area (TPSA) is 52.6 Å². The first kappa shape index (κ1) is 17.2. The van der Waals surface area contributed by atoms with Crippen molar-refractivity contribution in [2.24, 2.45) is 0 Å². The van der Waals surface area contributed by atoms with E-state index in [0.29, 0.717) is 6.07 Å². The Hall–Kier alpha value is -1.83. The number of aliphatic hydroxyl groups is 1. The van der Waals surface area contributed by atoms with Crippen molar-refractivity contribution in [1.29, 1.82) is 0 Å². The molecule has 0 saturated carbocycles. The van der Waals surface area contributed by atoms with Gasteiger partial charge in [0.1, 0.15) is 5.82 Å². The Balaban J connectivity index is 2.78. The van der Waals surface area contributed by atoms with Crippen LogP contribution in [0.5, 0.6) is 0 Å². The van der Waals surface area contributed by atoms with Crippen molar-refractivity contribution in [2.75, 3.05) is 13.6 Å². The highest BCUT2D eigenvalue weighted by atomic mass is 19.4. The second-order valence-electron chi connectivity index (χ2n) is 4.69. The highest BCUT2D eigenvalue weighted by Crippen LogP contribution is 2.32. The van der Waals surface area contributed by atoms with Gasteiger partial charge in [0.05, 0.1) is 11.7 Å². The zero-order chi connectivity index (χ0) is 16.2. The maximum atomic E-state index is 12.9. The van der Waals surface area contributed by atoms with Crippen molar-refractivity contribution in [3.63, 3.8) is 0 Å². The minimum Gasteiger partial charge on any atom is -0.392 e. The molecule has 0 aromatic heterocycles. The van der Waals surface area contributed by atoms with Crippen LogP contribution in [0.15, 0.2) is 18.2 Å². The molecule has 0 aliphatic carbocycles. The number of halogens is 4. The van der Waals surface area contributed by atoms with Crippen LogP contribution in [-0.4, -0.2) is 35.7 Å². The predicted molar refractivity (Wildman–Crippen MR) is 67.9 cm³/mol. The Morgan fingerprint density at radius 1 is 1.43 bits per heavy atom. The smallest absolute Gasteiger partial charge is 0.392 e. The fourth-order valence-corrected chi connectivity index (χ4v) is 1.75. The number of alkyl halides is 3. The second kappa shape index (κ2) is 6.75. The van der Waals surface area contributed by atoms with Gasteiger partial charge in [-0.2, -0.15) is 13.2 Å². The number of nitrogens with one attached hydrogen (secondary N) is 1. The lowest BCUT2D eigenvalue weighted by Gasteiger charge is -2.20. The van der Waals surface area contributed by atoms with Gasteiger partial charge in [0.15, 0.2) is 0 Å². The molecule has 0 saturated heterocycles. The molecule has 1 aromatic carbocycles. The fourth-order valence-electron chi connectivity index (χ4n) is 1.75. The normalized spacial score (nSPS) is 12.9. The number of hydrogen-bond donors (Lipinski definition) is 2. The van der Waals surface area contributed by atoms with Crippen LogP contribution in [0.3, 0.4) is 0 Å². The fraction of sp³-hybridized carbons (Fsp3) is 0.462. The third-order valence-corrected chi connectivity index (χ3v) is 2.69. The van der Waals surface area contributed by atoms with Crippen LogP contribution in [-0.2, 0) is 12.7 Å². The van der Waals surface area contributed by atoms with Crippen LogP contribution in [0, 0.1) is 5.82 Å². The lowest BCUT2D eigenvalue weighted by Crippen LogP contribution is -2.40. The molecular formula is C13H16F4N2O2. The van der Waals surface area contributed by atoms with Crippen molar-refractivity contribution in [2.45, 2.75) is 25.7 Å². The van der Waals surface area contributed by atoms with Crippen LogP contribution in [0.1, 0.15) is 18.1 Å². The van der Waals surface area contributed by atoms with E-state index in [1.807, 2.05) is 0 Å². The van der Waals surface area contributed by atoms with Crippen LogP contribution < -0.4 is 5.32 Å². The molecule has 8 heteroatoms. The minimum absolute atomic E-state index is 0.0430. The van der Waals surface area contributed by atoms with Gasteiger partial charge in [-0.3, -0.25) is 0 Å². The standard InChI is InChI=1S/C13H16F4N2O2/c1-8(20)7-19(2)12(21)18-6-9-3-4-10(14)5-11(9)13(15,16)17/h3-5,8,20H,6-7H2,1-2H3,(H,18,21). The van der Waals surface area contributed by atoms with Crippen LogP contribution in [0.25, 0.3) is 0 Å². The third kappa shape index (κ3) is 5.22. The Labute approximate surface area is 119 Å². The highest BCUT2D eigenvalue weighted by molar-refractivity contribution is 5.73. The van der Waals surface area contributed by atoms with Gasteiger partial charge in [-0.15, -0.1) is 0 Å². The summed E-state index contributed by atoms with van der Waals surface area (Å²) in [6, 6.07) is 1.64. The summed E-state index contributed by atoms with van der Waals surface area (Å²) in [5.41, 5.74) is -1.36. The zero-order valence-electron chi connectivity index (χ0n) is 11.5. The van der Waals surface area contributed by atoms with E-state index in [1.165, 1.54) is 14.0 Å². The second-order valence-corrected chi connectivity index (χ2v) is 4.69. The highest BCUT2D eigenvalue weighted by Gasteiger charge is 2.33. The van der Waals surface area contributed by atoms with E-state index in [-0.39, 0.29) is 12.1 Å². The SMILES string of the molecule is CC(O)CN(C)C(=O)NCc1ccc(F)cc1C(F)(F)F. The zero-order valence-corrected chi connectivity index (χ0v) is 11.5.